The number of aromatic nitrogens is 2. The molecule has 6 nitrogen and oxygen atoms in total. The van der Waals surface area contributed by atoms with Gasteiger partial charge >= 0.3 is 0 Å². The Bertz CT molecular complexity index is 747. The van der Waals surface area contributed by atoms with Gasteiger partial charge in [0.2, 0.25) is 5.91 Å². The summed E-state index contributed by atoms with van der Waals surface area (Å²) in [6.07, 6.45) is 6.60. The molecule has 1 N–H and O–H groups in total. The van der Waals surface area contributed by atoms with Crippen molar-refractivity contribution >= 4 is 23.2 Å². The van der Waals surface area contributed by atoms with Crippen molar-refractivity contribution in [3.63, 3.8) is 0 Å². The number of nitrogens with zero attached hydrogens (tertiary/aromatic N) is 3. The summed E-state index contributed by atoms with van der Waals surface area (Å²) in [5.41, 5.74) is 1.70. The molecular formula is C19H24N4O2S. The van der Waals surface area contributed by atoms with Gasteiger partial charge in [-0.05, 0) is 25.0 Å². The van der Waals surface area contributed by atoms with Gasteiger partial charge < -0.3 is 10.2 Å². The van der Waals surface area contributed by atoms with Crippen molar-refractivity contribution in [3.05, 3.63) is 46.2 Å². The summed E-state index contributed by atoms with van der Waals surface area (Å²) in [6, 6.07) is 3.52. The number of carbonyl (C=O) groups excluding carboxylic acids is 2. The van der Waals surface area contributed by atoms with E-state index in [4.69, 9.17) is 4.98 Å². The number of rotatable bonds is 6. The van der Waals surface area contributed by atoms with Crippen molar-refractivity contribution < 1.29 is 9.59 Å². The van der Waals surface area contributed by atoms with E-state index in [1.54, 1.807) is 35.9 Å². The van der Waals surface area contributed by atoms with Crippen molar-refractivity contribution in [1.29, 1.82) is 0 Å². The van der Waals surface area contributed by atoms with Crippen LogP contribution in [-0.2, 0) is 11.2 Å². The molecule has 0 aromatic carbocycles. The molecule has 2 aromatic rings. The minimum atomic E-state index is 0.0659. The Morgan fingerprint density at radius 2 is 2.15 bits per heavy atom. The van der Waals surface area contributed by atoms with Gasteiger partial charge in [-0.2, -0.15) is 0 Å². The van der Waals surface area contributed by atoms with Gasteiger partial charge in [0.05, 0.1) is 10.7 Å². The van der Waals surface area contributed by atoms with Crippen molar-refractivity contribution in [3.8, 4) is 0 Å². The van der Waals surface area contributed by atoms with Crippen LogP contribution in [0.1, 0.15) is 53.2 Å². The minimum Gasteiger partial charge on any atom is -0.356 e. The third-order valence-electron chi connectivity index (χ3n) is 4.58. The molecule has 0 saturated carbocycles. The highest BCUT2D eigenvalue weighted by atomic mass is 32.1. The van der Waals surface area contributed by atoms with Crippen molar-refractivity contribution in [2.24, 2.45) is 0 Å². The predicted molar refractivity (Wildman–Crippen MR) is 101 cm³/mol. The van der Waals surface area contributed by atoms with E-state index >= 15 is 0 Å². The monoisotopic (exact) mass is 372 g/mol. The topological polar surface area (TPSA) is 75.2 Å². The molecule has 1 aliphatic rings. The molecule has 26 heavy (non-hydrogen) atoms. The van der Waals surface area contributed by atoms with E-state index < -0.39 is 0 Å². The average Bonchev–Trinajstić information content (AvgIpc) is 3.17. The molecule has 0 radical (unpaired) electrons. The second-order valence-corrected chi connectivity index (χ2v) is 7.35. The SMILES string of the molecule is CCC(=O)NCCc1csc(C2CCCN(C(=O)c3ccncc3)C2)n1. The summed E-state index contributed by atoms with van der Waals surface area (Å²) in [6.45, 7) is 3.96. The van der Waals surface area contributed by atoms with E-state index in [0.717, 1.165) is 36.5 Å². The highest BCUT2D eigenvalue weighted by Crippen LogP contribution is 2.30. The Labute approximate surface area is 157 Å². The Kier molecular flexibility index (Phi) is 6.33. The fourth-order valence-corrected chi connectivity index (χ4v) is 4.10. The predicted octanol–water partition coefficient (Wildman–Crippen LogP) is 2.63. The summed E-state index contributed by atoms with van der Waals surface area (Å²) < 4.78 is 0. The van der Waals surface area contributed by atoms with E-state index in [1.807, 2.05) is 11.8 Å². The van der Waals surface area contributed by atoms with Crippen LogP contribution in [0.25, 0.3) is 0 Å². The zero-order chi connectivity index (χ0) is 18.4. The van der Waals surface area contributed by atoms with E-state index in [-0.39, 0.29) is 11.8 Å². The van der Waals surface area contributed by atoms with Crippen molar-refractivity contribution in [1.82, 2.24) is 20.2 Å². The maximum atomic E-state index is 12.7. The number of likely N-dealkylation sites (tertiary alicyclic amines) is 1. The third kappa shape index (κ3) is 4.66. The fraction of sp³-hybridized carbons (Fsp3) is 0.474. The highest BCUT2D eigenvalue weighted by Gasteiger charge is 2.27. The number of nitrogens with one attached hydrogen (secondary N) is 1. The molecule has 1 unspecified atom stereocenters. The van der Waals surface area contributed by atoms with Crippen LogP contribution in [0.4, 0.5) is 0 Å². The van der Waals surface area contributed by atoms with Crippen molar-refractivity contribution in [2.45, 2.75) is 38.5 Å². The third-order valence-corrected chi connectivity index (χ3v) is 5.64. The molecule has 1 aliphatic heterocycles. The first-order valence-corrected chi connectivity index (χ1v) is 9.95. The number of hydrogen-bond donors (Lipinski definition) is 1. The molecule has 2 aromatic heterocycles. The molecule has 2 amide bonds. The first-order valence-electron chi connectivity index (χ1n) is 9.07. The summed E-state index contributed by atoms with van der Waals surface area (Å²) in [5, 5.41) is 6.04. The fourth-order valence-electron chi connectivity index (χ4n) is 3.12. The lowest BCUT2D eigenvalue weighted by molar-refractivity contribution is -0.120. The Hall–Kier alpha value is -2.28. The molecule has 1 atom stereocenters. The number of piperidine rings is 1. The van der Waals surface area contributed by atoms with Gasteiger partial charge in [-0.3, -0.25) is 14.6 Å². The summed E-state index contributed by atoms with van der Waals surface area (Å²) in [4.78, 5) is 34.6. The summed E-state index contributed by atoms with van der Waals surface area (Å²) >= 11 is 1.66. The molecule has 7 heteroatoms. The van der Waals surface area contributed by atoms with Crippen LogP contribution in [0.15, 0.2) is 29.9 Å². The number of pyridine rings is 1. The number of hydrogen-bond acceptors (Lipinski definition) is 5. The lowest BCUT2D eigenvalue weighted by Crippen LogP contribution is -2.39. The Morgan fingerprint density at radius 3 is 2.92 bits per heavy atom. The largest absolute Gasteiger partial charge is 0.356 e. The van der Waals surface area contributed by atoms with Crippen LogP contribution in [0.5, 0.6) is 0 Å². The molecule has 3 heterocycles. The van der Waals surface area contributed by atoms with Crippen LogP contribution in [0.3, 0.4) is 0 Å². The van der Waals surface area contributed by atoms with Crippen LogP contribution < -0.4 is 5.32 Å². The van der Waals surface area contributed by atoms with Gasteiger partial charge in [-0.15, -0.1) is 11.3 Å². The minimum absolute atomic E-state index is 0.0659. The number of amides is 2. The summed E-state index contributed by atoms with van der Waals surface area (Å²) in [7, 11) is 0. The van der Waals surface area contributed by atoms with Crippen LogP contribution in [-0.4, -0.2) is 46.3 Å². The van der Waals surface area contributed by atoms with E-state index in [0.29, 0.717) is 31.0 Å². The van der Waals surface area contributed by atoms with Crippen LogP contribution in [0, 0.1) is 0 Å². The lowest BCUT2D eigenvalue weighted by Gasteiger charge is -2.31. The number of carbonyl (C=O) groups is 2. The second-order valence-electron chi connectivity index (χ2n) is 6.46. The smallest absolute Gasteiger partial charge is 0.253 e. The van der Waals surface area contributed by atoms with Crippen molar-refractivity contribution in [2.75, 3.05) is 19.6 Å². The number of thiazole rings is 1. The van der Waals surface area contributed by atoms with E-state index in [9.17, 15) is 9.59 Å². The van der Waals surface area contributed by atoms with E-state index in [1.165, 1.54) is 0 Å². The maximum absolute atomic E-state index is 12.7. The first kappa shape index (κ1) is 18.5. The molecule has 3 rings (SSSR count). The molecule has 0 spiro atoms. The Balaban J connectivity index is 1.58. The van der Waals surface area contributed by atoms with E-state index in [2.05, 4.69) is 15.7 Å². The second kappa shape index (κ2) is 8.89. The quantitative estimate of drug-likeness (QED) is 0.846. The Morgan fingerprint density at radius 1 is 1.35 bits per heavy atom. The maximum Gasteiger partial charge on any atom is 0.253 e. The normalized spacial score (nSPS) is 17.1. The van der Waals surface area contributed by atoms with Gasteiger partial charge in [0, 0.05) is 61.7 Å². The van der Waals surface area contributed by atoms with Gasteiger partial charge in [0.25, 0.3) is 5.91 Å². The molecule has 1 saturated heterocycles. The summed E-state index contributed by atoms with van der Waals surface area (Å²) in [5.74, 6) is 0.424. The van der Waals surface area contributed by atoms with Gasteiger partial charge in [0.1, 0.15) is 0 Å². The van der Waals surface area contributed by atoms with Gasteiger partial charge in [0.15, 0.2) is 0 Å². The lowest BCUT2D eigenvalue weighted by atomic mass is 9.98. The standard InChI is InChI=1S/C19H24N4O2S/c1-2-17(24)21-10-7-16-13-26-18(22-16)15-4-3-11-23(12-15)19(25)14-5-8-20-9-6-14/h5-6,8-9,13,15H,2-4,7,10-12H2,1H3,(H,21,24). The molecule has 0 bridgehead atoms. The van der Waals surface area contributed by atoms with Gasteiger partial charge in [-0.1, -0.05) is 6.92 Å². The molecule has 0 aliphatic carbocycles. The molecular weight excluding hydrogens is 348 g/mol. The molecule has 138 valence electrons. The zero-order valence-electron chi connectivity index (χ0n) is 15.0. The molecule has 1 fully saturated rings. The highest BCUT2D eigenvalue weighted by molar-refractivity contribution is 7.09. The van der Waals surface area contributed by atoms with Gasteiger partial charge in [-0.25, -0.2) is 4.98 Å². The average molecular weight is 372 g/mol. The first-order chi connectivity index (χ1) is 12.7. The zero-order valence-corrected chi connectivity index (χ0v) is 15.8. The van der Waals surface area contributed by atoms with Crippen LogP contribution >= 0.6 is 11.3 Å². The van der Waals surface area contributed by atoms with Crippen LogP contribution in [0.2, 0.25) is 0 Å².